The van der Waals surface area contributed by atoms with Gasteiger partial charge in [-0.3, -0.25) is 0 Å². The van der Waals surface area contributed by atoms with Gasteiger partial charge in [0.25, 0.3) is 0 Å². The van der Waals surface area contributed by atoms with Gasteiger partial charge in [0.05, 0.1) is 5.56 Å². The Hall–Kier alpha value is -3.01. The standard InChI is InChI=1S/C21H20O4/c1-15(11-17-7-9-18(10-8-17)21(22)23)20-14-24-13-19(25-20)12-16-5-3-2-4-6-16/h2-3,5,7-11,13-14H,4,6,12H2,1H3,(H,22,23). The Morgan fingerprint density at radius 3 is 2.72 bits per heavy atom. The van der Waals surface area contributed by atoms with E-state index < -0.39 is 5.97 Å². The zero-order valence-electron chi connectivity index (χ0n) is 14.1. The fourth-order valence-corrected chi connectivity index (χ4v) is 2.68. The van der Waals surface area contributed by atoms with Crippen molar-refractivity contribution in [2.24, 2.45) is 0 Å². The predicted octanol–water partition coefficient (Wildman–Crippen LogP) is 5.18. The summed E-state index contributed by atoms with van der Waals surface area (Å²) in [6.45, 7) is 1.94. The molecule has 3 rings (SSSR count). The van der Waals surface area contributed by atoms with Crippen molar-refractivity contribution in [1.29, 1.82) is 0 Å². The Bertz CT molecular complexity index is 805. The van der Waals surface area contributed by atoms with Crippen LogP contribution in [0.15, 0.2) is 77.7 Å². The van der Waals surface area contributed by atoms with Crippen LogP contribution in [-0.2, 0) is 9.47 Å². The van der Waals surface area contributed by atoms with Crippen molar-refractivity contribution in [3.63, 3.8) is 0 Å². The number of hydrogen-bond acceptors (Lipinski definition) is 3. The lowest BCUT2D eigenvalue weighted by molar-refractivity contribution is 0.0697. The van der Waals surface area contributed by atoms with Crippen LogP contribution in [0.1, 0.15) is 42.1 Å². The number of rotatable bonds is 5. The molecule has 0 atom stereocenters. The minimum absolute atomic E-state index is 0.270. The number of carboxylic acid groups (broad SMARTS) is 1. The molecular weight excluding hydrogens is 316 g/mol. The molecule has 1 heterocycles. The molecule has 1 aromatic rings. The van der Waals surface area contributed by atoms with Crippen molar-refractivity contribution in [2.45, 2.75) is 26.2 Å². The maximum absolute atomic E-state index is 10.9. The Morgan fingerprint density at radius 2 is 2.04 bits per heavy atom. The highest BCUT2D eigenvalue weighted by molar-refractivity contribution is 5.87. The smallest absolute Gasteiger partial charge is 0.335 e. The van der Waals surface area contributed by atoms with E-state index in [2.05, 4.69) is 18.2 Å². The van der Waals surface area contributed by atoms with Gasteiger partial charge >= 0.3 is 5.97 Å². The second-order valence-electron chi connectivity index (χ2n) is 6.03. The van der Waals surface area contributed by atoms with E-state index >= 15 is 0 Å². The molecule has 0 aromatic heterocycles. The highest BCUT2D eigenvalue weighted by atomic mass is 16.5. The molecule has 25 heavy (non-hydrogen) atoms. The molecule has 1 aliphatic heterocycles. The molecule has 128 valence electrons. The van der Waals surface area contributed by atoms with E-state index in [9.17, 15) is 4.79 Å². The number of carboxylic acids is 1. The van der Waals surface area contributed by atoms with Gasteiger partial charge in [-0.25, -0.2) is 4.79 Å². The largest absolute Gasteiger partial charge is 0.478 e. The summed E-state index contributed by atoms with van der Waals surface area (Å²) in [5, 5.41) is 8.95. The van der Waals surface area contributed by atoms with E-state index in [1.165, 1.54) is 5.57 Å². The molecule has 4 heteroatoms. The van der Waals surface area contributed by atoms with Crippen LogP contribution in [0.5, 0.6) is 0 Å². The summed E-state index contributed by atoms with van der Waals surface area (Å²) in [6, 6.07) is 6.71. The molecule has 1 aliphatic carbocycles. The van der Waals surface area contributed by atoms with Crippen molar-refractivity contribution in [2.75, 3.05) is 0 Å². The summed E-state index contributed by atoms with van der Waals surface area (Å²) in [4.78, 5) is 10.9. The quantitative estimate of drug-likeness (QED) is 0.804. The van der Waals surface area contributed by atoms with E-state index in [-0.39, 0.29) is 5.56 Å². The molecule has 0 amide bonds. The van der Waals surface area contributed by atoms with Crippen LogP contribution in [0.25, 0.3) is 6.08 Å². The Kier molecular flexibility index (Phi) is 5.19. The fraction of sp³-hybridized carbons (Fsp3) is 0.190. The summed E-state index contributed by atoms with van der Waals surface area (Å²) in [7, 11) is 0. The van der Waals surface area contributed by atoms with Crippen LogP contribution in [0, 0.1) is 0 Å². The lowest BCUT2D eigenvalue weighted by Crippen LogP contribution is -2.03. The molecule has 1 N–H and O–H groups in total. The Morgan fingerprint density at radius 1 is 1.24 bits per heavy atom. The van der Waals surface area contributed by atoms with Crippen molar-refractivity contribution >= 4 is 12.0 Å². The maximum atomic E-state index is 10.9. The molecule has 2 aliphatic rings. The van der Waals surface area contributed by atoms with Gasteiger partial charge in [0.1, 0.15) is 18.3 Å². The molecule has 0 bridgehead atoms. The second kappa shape index (κ2) is 7.71. The van der Waals surface area contributed by atoms with Gasteiger partial charge in [0.2, 0.25) is 0 Å². The molecule has 0 radical (unpaired) electrons. The Balaban J connectivity index is 1.66. The first-order chi connectivity index (χ1) is 12.1. The molecular formula is C21H20O4. The van der Waals surface area contributed by atoms with Crippen LogP contribution < -0.4 is 0 Å². The number of carbonyl (C=O) groups is 1. The fourth-order valence-electron chi connectivity index (χ4n) is 2.68. The van der Waals surface area contributed by atoms with Crippen molar-refractivity contribution < 1.29 is 19.4 Å². The van der Waals surface area contributed by atoms with Crippen molar-refractivity contribution in [3.8, 4) is 0 Å². The minimum atomic E-state index is -0.930. The number of allylic oxidation sites excluding steroid dienone is 5. The van der Waals surface area contributed by atoms with Crippen LogP contribution in [0.2, 0.25) is 0 Å². The zero-order chi connectivity index (χ0) is 17.6. The average molecular weight is 336 g/mol. The third kappa shape index (κ3) is 4.51. The van der Waals surface area contributed by atoms with E-state index in [1.807, 2.05) is 13.0 Å². The number of aromatic carboxylic acids is 1. The first-order valence-electron chi connectivity index (χ1n) is 8.21. The van der Waals surface area contributed by atoms with Crippen LogP contribution >= 0.6 is 0 Å². The van der Waals surface area contributed by atoms with Gasteiger partial charge < -0.3 is 14.6 Å². The maximum Gasteiger partial charge on any atom is 0.335 e. The molecule has 0 fully saturated rings. The SMILES string of the molecule is CC(=Cc1ccc(C(=O)O)cc1)C1=COC=C(CC2=CC=CCC2)O1. The highest BCUT2D eigenvalue weighted by Crippen LogP contribution is 2.27. The lowest BCUT2D eigenvalue weighted by Gasteiger charge is -2.19. The molecule has 0 saturated heterocycles. The van der Waals surface area contributed by atoms with E-state index in [0.29, 0.717) is 5.76 Å². The molecule has 1 aromatic carbocycles. The summed E-state index contributed by atoms with van der Waals surface area (Å²) in [5.74, 6) is 0.514. The molecule has 0 saturated carbocycles. The molecule has 0 spiro atoms. The molecule has 4 nitrogen and oxygen atoms in total. The first-order valence-corrected chi connectivity index (χ1v) is 8.21. The topological polar surface area (TPSA) is 55.8 Å². The average Bonchev–Trinajstić information content (AvgIpc) is 2.63. The number of ether oxygens (including phenoxy) is 2. The van der Waals surface area contributed by atoms with E-state index in [0.717, 1.165) is 36.2 Å². The third-order valence-electron chi connectivity index (χ3n) is 4.05. The second-order valence-corrected chi connectivity index (χ2v) is 6.03. The number of hydrogen-bond donors (Lipinski definition) is 1. The first kappa shape index (κ1) is 16.8. The van der Waals surface area contributed by atoms with E-state index in [4.69, 9.17) is 14.6 Å². The van der Waals surface area contributed by atoms with Crippen LogP contribution in [0.4, 0.5) is 0 Å². The van der Waals surface area contributed by atoms with Gasteiger partial charge in [-0.2, -0.15) is 0 Å². The summed E-state index contributed by atoms with van der Waals surface area (Å²) in [5.41, 5.74) is 3.41. The van der Waals surface area contributed by atoms with E-state index in [1.54, 1.807) is 36.8 Å². The summed E-state index contributed by atoms with van der Waals surface area (Å²) >= 11 is 0. The van der Waals surface area contributed by atoms with Crippen LogP contribution in [0.3, 0.4) is 0 Å². The van der Waals surface area contributed by atoms with Crippen LogP contribution in [-0.4, -0.2) is 11.1 Å². The monoisotopic (exact) mass is 336 g/mol. The summed E-state index contributed by atoms with van der Waals surface area (Å²) in [6.07, 6.45) is 14.4. The predicted molar refractivity (Wildman–Crippen MR) is 96.5 cm³/mol. The van der Waals surface area contributed by atoms with Gasteiger partial charge in [0, 0.05) is 6.42 Å². The molecule has 0 unspecified atom stereocenters. The third-order valence-corrected chi connectivity index (χ3v) is 4.05. The van der Waals surface area contributed by atoms with Crippen molar-refractivity contribution in [1.82, 2.24) is 0 Å². The number of benzene rings is 1. The van der Waals surface area contributed by atoms with Gasteiger partial charge in [-0.1, -0.05) is 35.9 Å². The summed E-state index contributed by atoms with van der Waals surface area (Å²) < 4.78 is 11.4. The lowest BCUT2D eigenvalue weighted by atomic mass is 10.0. The van der Waals surface area contributed by atoms with Crippen molar-refractivity contribution in [3.05, 3.63) is 88.8 Å². The highest BCUT2D eigenvalue weighted by Gasteiger charge is 2.14. The Labute approximate surface area is 147 Å². The van der Waals surface area contributed by atoms with Gasteiger partial charge in [-0.15, -0.1) is 0 Å². The van der Waals surface area contributed by atoms with Gasteiger partial charge in [0.15, 0.2) is 5.76 Å². The zero-order valence-corrected chi connectivity index (χ0v) is 14.1. The normalized spacial score (nSPS) is 17.0. The minimum Gasteiger partial charge on any atom is -0.478 e. The van der Waals surface area contributed by atoms with Gasteiger partial charge in [-0.05, 0) is 49.1 Å².